The van der Waals surface area contributed by atoms with E-state index in [1.807, 2.05) is 46.8 Å². The van der Waals surface area contributed by atoms with Gasteiger partial charge in [0.15, 0.2) is 0 Å². The zero-order chi connectivity index (χ0) is 10.5. The zero-order valence-electron chi connectivity index (χ0n) is 9.26. The van der Waals surface area contributed by atoms with Crippen molar-refractivity contribution >= 4 is 5.97 Å². The fourth-order valence-corrected chi connectivity index (χ4v) is 1.04. The summed E-state index contributed by atoms with van der Waals surface area (Å²) in [7, 11) is 0. The van der Waals surface area contributed by atoms with E-state index in [4.69, 9.17) is 4.74 Å². The molecule has 0 rings (SSSR count). The normalized spacial score (nSPS) is 14.5. The molecule has 0 saturated carbocycles. The molecule has 0 aliphatic rings. The van der Waals surface area contributed by atoms with Crippen molar-refractivity contribution in [3.8, 4) is 0 Å². The van der Waals surface area contributed by atoms with Crippen molar-refractivity contribution in [3.05, 3.63) is 12.2 Å². The van der Waals surface area contributed by atoms with Gasteiger partial charge >= 0.3 is 5.97 Å². The van der Waals surface area contributed by atoms with Crippen LogP contribution in [0.3, 0.4) is 0 Å². The van der Waals surface area contributed by atoms with E-state index in [1.165, 1.54) is 0 Å². The minimum Gasteiger partial charge on any atom is -0.460 e. The molecular formula is C11H20O2. The summed E-state index contributed by atoms with van der Waals surface area (Å²) in [5.41, 5.74) is -0.368. The van der Waals surface area contributed by atoms with E-state index < -0.39 is 0 Å². The van der Waals surface area contributed by atoms with Crippen molar-refractivity contribution in [1.29, 1.82) is 0 Å². The molecule has 0 radical (unpaired) electrons. The summed E-state index contributed by atoms with van der Waals surface area (Å²) >= 11 is 0. The fourth-order valence-electron chi connectivity index (χ4n) is 1.04. The summed E-state index contributed by atoms with van der Waals surface area (Å²) in [6.45, 7) is 9.59. The van der Waals surface area contributed by atoms with E-state index in [2.05, 4.69) is 0 Å². The van der Waals surface area contributed by atoms with E-state index in [0.29, 0.717) is 6.42 Å². The number of ether oxygens (including phenoxy) is 1. The van der Waals surface area contributed by atoms with Gasteiger partial charge < -0.3 is 4.74 Å². The predicted octanol–water partition coefficient (Wildman–Crippen LogP) is 2.93. The first-order valence-electron chi connectivity index (χ1n) is 4.70. The third-order valence-electron chi connectivity index (χ3n) is 1.43. The molecule has 0 aromatic carbocycles. The highest BCUT2D eigenvalue weighted by Crippen LogP contribution is 2.12. The molecule has 76 valence electrons. The lowest BCUT2D eigenvalue weighted by Gasteiger charge is -2.20. The minimum atomic E-state index is -0.368. The van der Waals surface area contributed by atoms with Crippen molar-refractivity contribution in [1.82, 2.24) is 0 Å². The lowest BCUT2D eigenvalue weighted by Crippen LogP contribution is -2.24. The summed E-state index contributed by atoms with van der Waals surface area (Å²) < 4.78 is 5.18. The maximum absolute atomic E-state index is 11.3. The Morgan fingerprint density at radius 2 is 2.00 bits per heavy atom. The summed E-state index contributed by atoms with van der Waals surface area (Å²) in [6, 6.07) is 0. The molecule has 0 amide bonds. The standard InChI is InChI=1S/C11H20O2/c1-6-7-9(2)8-10(12)13-11(3,4)5/h6-7,9H,8H2,1-5H3/b7-6+/t9-/m1/s1. The lowest BCUT2D eigenvalue weighted by molar-refractivity contribution is -0.155. The van der Waals surface area contributed by atoms with Crippen LogP contribution in [-0.4, -0.2) is 11.6 Å². The Kier molecular flexibility index (Phi) is 4.74. The van der Waals surface area contributed by atoms with Crippen LogP contribution in [-0.2, 0) is 9.53 Å². The third kappa shape index (κ3) is 7.57. The molecular weight excluding hydrogens is 164 g/mol. The van der Waals surface area contributed by atoms with Gasteiger partial charge in [0.25, 0.3) is 0 Å². The SMILES string of the molecule is C/C=C/[C@@H](C)CC(=O)OC(C)(C)C. The van der Waals surface area contributed by atoms with Crippen molar-refractivity contribution < 1.29 is 9.53 Å². The second kappa shape index (κ2) is 5.05. The highest BCUT2D eigenvalue weighted by molar-refractivity contribution is 5.70. The third-order valence-corrected chi connectivity index (χ3v) is 1.43. The van der Waals surface area contributed by atoms with E-state index >= 15 is 0 Å². The van der Waals surface area contributed by atoms with Crippen LogP contribution >= 0.6 is 0 Å². The van der Waals surface area contributed by atoms with Crippen molar-refractivity contribution in [2.24, 2.45) is 5.92 Å². The van der Waals surface area contributed by atoms with Crippen LogP contribution in [0, 0.1) is 5.92 Å². The highest BCUT2D eigenvalue weighted by atomic mass is 16.6. The summed E-state index contributed by atoms with van der Waals surface area (Å²) in [6.07, 6.45) is 4.42. The second-order valence-electron chi connectivity index (χ2n) is 4.29. The van der Waals surface area contributed by atoms with Crippen LogP contribution in [0.25, 0.3) is 0 Å². The Balaban J connectivity index is 3.88. The minimum absolute atomic E-state index is 0.127. The van der Waals surface area contributed by atoms with E-state index in [0.717, 1.165) is 0 Å². The zero-order valence-corrected chi connectivity index (χ0v) is 9.26. The van der Waals surface area contributed by atoms with Gasteiger partial charge in [0.05, 0.1) is 6.42 Å². The Morgan fingerprint density at radius 3 is 2.38 bits per heavy atom. The van der Waals surface area contributed by atoms with E-state index in [-0.39, 0.29) is 17.5 Å². The van der Waals surface area contributed by atoms with Crippen LogP contribution < -0.4 is 0 Å². The maximum Gasteiger partial charge on any atom is 0.306 e. The molecule has 2 heteroatoms. The van der Waals surface area contributed by atoms with Crippen molar-refractivity contribution in [2.75, 3.05) is 0 Å². The molecule has 0 heterocycles. The summed E-state index contributed by atoms with van der Waals surface area (Å²) in [5.74, 6) is 0.137. The molecule has 0 saturated heterocycles. The first kappa shape index (κ1) is 12.2. The molecule has 0 aromatic rings. The summed E-state index contributed by atoms with van der Waals surface area (Å²) in [4.78, 5) is 11.3. The van der Waals surface area contributed by atoms with E-state index in [1.54, 1.807) is 0 Å². The van der Waals surface area contributed by atoms with Crippen LogP contribution in [0.5, 0.6) is 0 Å². The molecule has 0 fully saturated rings. The number of allylic oxidation sites excluding steroid dienone is 2. The Labute approximate surface area is 81.0 Å². The van der Waals surface area contributed by atoms with Gasteiger partial charge in [0.1, 0.15) is 5.60 Å². The van der Waals surface area contributed by atoms with Gasteiger partial charge in [-0.05, 0) is 33.6 Å². The number of carbonyl (C=O) groups excluding carboxylic acids is 1. The average Bonchev–Trinajstić information content (AvgIpc) is 1.81. The molecule has 0 bridgehead atoms. The molecule has 0 aliphatic heterocycles. The van der Waals surface area contributed by atoms with Gasteiger partial charge in [-0.1, -0.05) is 19.1 Å². The first-order chi connectivity index (χ1) is 5.85. The number of esters is 1. The lowest BCUT2D eigenvalue weighted by atomic mass is 10.1. The molecule has 0 N–H and O–H groups in total. The predicted molar refractivity (Wildman–Crippen MR) is 54.4 cm³/mol. The largest absolute Gasteiger partial charge is 0.460 e. The summed E-state index contributed by atoms with van der Waals surface area (Å²) in [5, 5.41) is 0. The second-order valence-corrected chi connectivity index (χ2v) is 4.29. The number of carbonyl (C=O) groups is 1. The van der Waals surface area contributed by atoms with E-state index in [9.17, 15) is 4.79 Å². The Bertz CT molecular complexity index is 187. The van der Waals surface area contributed by atoms with Crippen LogP contribution in [0.2, 0.25) is 0 Å². The molecule has 1 atom stereocenters. The number of hydrogen-bond donors (Lipinski definition) is 0. The molecule has 0 aromatic heterocycles. The van der Waals surface area contributed by atoms with Gasteiger partial charge in [-0.3, -0.25) is 4.79 Å². The van der Waals surface area contributed by atoms with Gasteiger partial charge in [-0.2, -0.15) is 0 Å². The first-order valence-corrected chi connectivity index (χ1v) is 4.70. The molecule has 2 nitrogen and oxygen atoms in total. The maximum atomic E-state index is 11.3. The van der Waals surface area contributed by atoms with Crippen LogP contribution in [0.4, 0.5) is 0 Å². The smallest absolute Gasteiger partial charge is 0.306 e. The van der Waals surface area contributed by atoms with Crippen molar-refractivity contribution in [3.63, 3.8) is 0 Å². The van der Waals surface area contributed by atoms with Crippen LogP contribution in [0.15, 0.2) is 12.2 Å². The van der Waals surface area contributed by atoms with Gasteiger partial charge in [0, 0.05) is 0 Å². The van der Waals surface area contributed by atoms with Gasteiger partial charge in [0.2, 0.25) is 0 Å². The molecule has 0 aliphatic carbocycles. The molecule has 13 heavy (non-hydrogen) atoms. The van der Waals surface area contributed by atoms with Gasteiger partial charge in [-0.15, -0.1) is 0 Å². The quantitative estimate of drug-likeness (QED) is 0.498. The van der Waals surface area contributed by atoms with Crippen molar-refractivity contribution in [2.45, 2.75) is 46.6 Å². The highest BCUT2D eigenvalue weighted by Gasteiger charge is 2.17. The Hall–Kier alpha value is -0.790. The topological polar surface area (TPSA) is 26.3 Å². The van der Waals surface area contributed by atoms with Gasteiger partial charge in [-0.25, -0.2) is 0 Å². The number of hydrogen-bond acceptors (Lipinski definition) is 2. The Morgan fingerprint density at radius 1 is 1.46 bits per heavy atom. The fraction of sp³-hybridized carbons (Fsp3) is 0.727. The average molecular weight is 184 g/mol. The monoisotopic (exact) mass is 184 g/mol. The van der Waals surface area contributed by atoms with Crippen LogP contribution in [0.1, 0.15) is 41.0 Å². The number of rotatable bonds is 3. The molecule has 0 spiro atoms. The molecule has 0 unspecified atom stereocenters.